The Labute approximate surface area is 149 Å². The van der Waals surface area contributed by atoms with E-state index in [4.69, 9.17) is 14.2 Å². The van der Waals surface area contributed by atoms with Crippen molar-refractivity contribution < 1.29 is 44.5 Å². The standard InChI is InChI=1S/C17H22O9/c1-2-24-17-16(23)15(22)14(21)12(26-17)8-25-13(20)6-4-9-3-5-10(18)11(19)7-9/h3-7,12,14-19,21-23H,2,8H2,1H3/t12-,14-,15+,16-,17-/m1/s1. The second-order valence-electron chi connectivity index (χ2n) is 5.68. The van der Waals surface area contributed by atoms with Crippen molar-refractivity contribution in [2.45, 2.75) is 37.6 Å². The molecule has 26 heavy (non-hydrogen) atoms. The van der Waals surface area contributed by atoms with E-state index >= 15 is 0 Å². The lowest BCUT2D eigenvalue weighted by Crippen LogP contribution is -2.59. The number of carbonyl (C=O) groups excluding carboxylic acids is 1. The number of aliphatic hydroxyl groups is 3. The first-order valence-corrected chi connectivity index (χ1v) is 8.01. The quantitative estimate of drug-likeness (QED) is 0.254. The fourth-order valence-electron chi connectivity index (χ4n) is 2.38. The Morgan fingerprint density at radius 1 is 1.15 bits per heavy atom. The second kappa shape index (κ2) is 8.97. The van der Waals surface area contributed by atoms with Gasteiger partial charge in [0.1, 0.15) is 31.0 Å². The van der Waals surface area contributed by atoms with Crippen LogP contribution in [0.5, 0.6) is 11.5 Å². The van der Waals surface area contributed by atoms with Crippen LogP contribution in [-0.2, 0) is 19.0 Å². The molecule has 1 aromatic rings. The zero-order chi connectivity index (χ0) is 19.3. The van der Waals surface area contributed by atoms with Crippen LogP contribution in [0.4, 0.5) is 0 Å². The van der Waals surface area contributed by atoms with Gasteiger partial charge in [0.2, 0.25) is 0 Å². The van der Waals surface area contributed by atoms with Gasteiger partial charge in [-0.25, -0.2) is 4.79 Å². The van der Waals surface area contributed by atoms with Gasteiger partial charge in [0.05, 0.1) is 0 Å². The summed E-state index contributed by atoms with van der Waals surface area (Å²) in [6.07, 6.45) is -4.13. The first-order chi connectivity index (χ1) is 12.3. The van der Waals surface area contributed by atoms with Crippen LogP contribution < -0.4 is 0 Å². The molecule has 0 bridgehead atoms. The summed E-state index contributed by atoms with van der Waals surface area (Å²) in [7, 11) is 0. The highest BCUT2D eigenvalue weighted by molar-refractivity contribution is 5.87. The SMILES string of the molecule is CCO[C@@H]1O[C@H](COC(=O)C=Cc2ccc(O)c(O)c2)[C@@H](O)[C@H](O)[C@H]1O. The minimum Gasteiger partial charge on any atom is -0.504 e. The molecule has 1 aromatic carbocycles. The molecule has 1 saturated heterocycles. The highest BCUT2D eigenvalue weighted by Gasteiger charge is 2.44. The van der Waals surface area contributed by atoms with Crippen LogP contribution in [-0.4, -0.2) is 75.4 Å². The van der Waals surface area contributed by atoms with Gasteiger partial charge < -0.3 is 39.7 Å². The molecule has 0 amide bonds. The van der Waals surface area contributed by atoms with Crippen LogP contribution in [0.15, 0.2) is 24.3 Å². The zero-order valence-electron chi connectivity index (χ0n) is 14.1. The minimum absolute atomic E-state index is 0.221. The molecule has 5 N–H and O–H groups in total. The molecule has 9 heteroatoms. The van der Waals surface area contributed by atoms with Gasteiger partial charge in [-0.2, -0.15) is 0 Å². The predicted octanol–water partition coefficient (Wildman–Crippen LogP) is -0.502. The summed E-state index contributed by atoms with van der Waals surface area (Å²) >= 11 is 0. The lowest BCUT2D eigenvalue weighted by Gasteiger charge is -2.39. The van der Waals surface area contributed by atoms with E-state index in [0.717, 1.165) is 6.08 Å². The van der Waals surface area contributed by atoms with E-state index < -0.39 is 36.7 Å². The topological polar surface area (TPSA) is 146 Å². The van der Waals surface area contributed by atoms with Gasteiger partial charge in [-0.3, -0.25) is 0 Å². The Bertz CT molecular complexity index is 645. The molecule has 0 unspecified atom stereocenters. The van der Waals surface area contributed by atoms with Gasteiger partial charge in [-0.05, 0) is 30.7 Å². The number of hydrogen-bond acceptors (Lipinski definition) is 9. The molecule has 1 heterocycles. The maximum Gasteiger partial charge on any atom is 0.330 e. The number of aromatic hydroxyl groups is 2. The third-order valence-corrected chi connectivity index (χ3v) is 3.80. The van der Waals surface area contributed by atoms with E-state index in [2.05, 4.69) is 0 Å². The average Bonchev–Trinajstić information content (AvgIpc) is 2.62. The number of benzene rings is 1. The molecule has 1 fully saturated rings. The van der Waals surface area contributed by atoms with Crippen molar-refractivity contribution in [1.82, 2.24) is 0 Å². The number of esters is 1. The number of phenols is 2. The molecule has 0 spiro atoms. The van der Waals surface area contributed by atoms with Crippen molar-refractivity contribution in [3.8, 4) is 11.5 Å². The molecule has 0 radical (unpaired) electrons. The number of carbonyl (C=O) groups is 1. The molecule has 1 aliphatic rings. The normalized spacial score (nSPS) is 29.0. The van der Waals surface area contributed by atoms with E-state index in [0.29, 0.717) is 5.56 Å². The smallest absolute Gasteiger partial charge is 0.330 e. The Balaban J connectivity index is 1.90. The number of hydrogen-bond donors (Lipinski definition) is 5. The Morgan fingerprint density at radius 2 is 1.88 bits per heavy atom. The summed E-state index contributed by atoms with van der Waals surface area (Å²) in [4.78, 5) is 11.8. The van der Waals surface area contributed by atoms with Crippen LogP contribution in [0.25, 0.3) is 6.08 Å². The Kier molecular flexibility index (Phi) is 6.95. The second-order valence-corrected chi connectivity index (χ2v) is 5.68. The fourth-order valence-corrected chi connectivity index (χ4v) is 2.38. The van der Waals surface area contributed by atoms with Gasteiger partial charge in [0.15, 0.2) is 17.8 Å². The molecule has 1 aliphatic heterocycles. The maximum atomic E-state index is 11.8. The van der Waals surface area contributed by atoms with Gasteiger partial charge >= 0.3 is 5.97 Å². The lowest BCUT2D eigenvalue weighted by molar-refractivity contribution is -0.300. The summed E-state index contributed by atoms with van der Waals surface area (Å²) in [5.74, 6) is -1.35. The fraction of sp³-hybridized carbons (Fsp3) is 0.471. The van der Waals surface area contributed by atoms with E-state index in [1.54, 1.807) is 6.92 Å². The predicted molar refractivity (Wildman–Crippen MR) is 88.1 cm³/mol. The summed E-state index contributed by atoms with van der Waals surface area (Å²) < 4.78 is 15.4. The van der Waals surface area contributed by atoms with Crippen LogP contribution in [0, 0.1) is 0 Å². The Hall–Kier alpha value is -2.17. The number of rotatable bonds is 6. The van der Waals surface area contributed by atoms with Gasteiger partial charge in [-0.15, -0.1) is 0 Å². The molecule has 0 aromatic heterocycles. The Morgan fingerprint density at radius 3 is 2.54 bits per heavy atom. The molecular formula is C17H22O9. The van der Waals surface area contributed by atoms with Crippen molar-refractivity contribution in [3.63, 3.8) is 0 Å². The molecular weight excluding hydrogens is 348 g/mol. The van der Waals surface area contributed by atoms with Gasteiger partial charge in [0.25, 0.3) is 0 Å². The lowest BCUT2D eigenvalue weighted by atomic mass is 9.99. The highest BCUT2D eigenvalue weighted by atomic mass is 16.7. The van der Waals surface area contributed by atoms with E-state index in [9.17, 15) is 30.3 Å². The largest absolute Gasteiger partial charge is 0.504 e. The van der Waals surface area contributed by atoms with Crippen LogP contribution in [0.1, 0.15) is 12.5 Å². The van der Waals surface area contributed by atoms with Crippen molar-refractivity contribution >= 4 is 12.0 Å². The zero-order valence-corrected chi connectivity index (χ0v) is 14.1. The van der Waals surface area contributed by atoms with Crippen LogP contribution in [0.2, 0.25) is 0 Å². The van der Waals surface area contributed by atoms with E-state index in [1.807, 2.05) is 0 Å². The van der Waals surface area contributed by atoms with Crippen LogP contribution in [0.3, 0.4) is 0 Å². The first kappa shape index (κ1) is 20.1. The molecule has 0 saturated carbocycles. The summed E-state index contributed by atoms with van der Waals surface area (Å²) in [6.45, 7) is 1.53. The third kappa shape index (κ3) is 4.93. The minimum atomic E-state index is -1.50. The molecule has 0 aliphatic carbocycles. The van der Waals surface area contributed by atoms with Gasteiger partial charge in [0, 0.05) is 12.7 Å². The van der Waals surface area contributed by atoms with Crippen molar-refractivity contribution in [2.75, 3.05) is 13.2 Å². The molecule has 2 rings (SSSR count). The van der Waals surface area contributed by atoms with Crippen molar-refractivity contribution in [3.05, 3.63) is 29.8 Å². The third-order valence-electron chi connectivity index (χ3n) is 3.80. The van der Waals surface area contributed by atoms with Crippen molar-refractivity contribution in [1.29, 1.82) is 0 Å². The maximum absolute atomic E-state index is 11.8. The molecule has 5 atom stereocenters. The summed E-state index contributed by atoms with van der Waals surface area (Å²) in [6, 6.07) is 4.02. The summed E-state index contributed by atoms with van der Waals surface area (Å²) in [5, 5.41) is 48.1. The van der Waals surface area contributed by atoms with E-state index in [-0.39, 0.29) is 24.7 Å². The van der Waals surface area contributed by atoms with Crippen LogP contribution >= 0.6 is 0 Å². The first-order valence-electron chi connectivity index (χ1n) is 8.01. The van der Waals surface area contributed by atoms with Crippen molar-refractivity contribution in [2.24, 2.45) is 0 Å². The average molecular weight is 370 g/mol. The monoisotopic (exact) mass is 370 g/mol. The number of ether oxygens (including phenoxy) is 3. The molecule has 9 nitrogen and oxygen atoms in total. The number of aliphatic hydroxyl groups excluding tert-OH is 3. The molecule has 144 valence electrons. The summed E-state index contributed by atoms with van der Waals surface area (Å²) in [5.41, 5.74) is 0.459. The van der Waals surface area contributed by atoms with E-state index in [1.165, 1.54) is 24.3 Å². The highest BCUT2D eigenvalue weighted by Crippen LogP contribution is 2.25. The van der Waals surface area contributed by atoms with Gasteiger partial charge in [-0.1, -0.05) is 6.07 Å². The number of phenolic OH excluding ortho intramolecular Hbond substituents is 2.